The summed E-state index contributed by atoms with van der Waals surface area (Å²) in [6.45, 7) is 3.47. The number of benzene rings is 1. The van der Waals surface area contributed by atoms with Gasteiger partial charge in [-0.1, -0.05) is 24.3 Å². The van der Waals surface area contributed by atoms with Gasteiger partial charge in [0.05, 0.1) is 12.8 Å². The molecule has 0 fully saturated rings. The van der Waals surface area contributed by atoms with Gasteiger partial charge in [-0.25, -0.2) is 9.67 Å². The minimum Gasteiger partial charge on any atom is -0.469 e. The first-order chi connectivity index (χ1) is 15.2. The molecule has 8 heteroatoms. The van der Waals surface area contributed by atoms with Crippen LogP contribution in [0.25, 0.3) is 0 Å². The number of furan rings is 1. The summed E-state index contributed by atoms with van der Waals surface area (Å²) in [5.41, 5.74) is 2.92. The number of rotatable bonds is 5. The molecule has 2 N–H and O–H groups in total. The van der Waals surface area contributed by atoms with Crippen molar-refractivity contribution in [3.63, 3.8) is 0 Å². The number of hydrogen-bond acceptors (Lipinski definition) is 4. The number of aryl methyl sites for hydroxylation is 3. The molecule has 170 valence electrons. The lowest BCUT2D eigenvalue weighted by Crippen LogP contribution is -2.51. The fraction of sp³-hybridized carbons (Fsp3) is 0.458. The van der Waals surface area contributed by atoms with Gasteiger partial charge in [0.25, 0.3) is 0 Å². The van der Waals surface area contributed by atoms with E-state index in [0.717, 1.165) is 68.4 Å². The van der Waals surface area contributed by atoms with E-state index in [1.165, 1.54) is 11.1 Å². The summed E-state index contributed by atoms with van der Waals surface area (Å²) in [7, 11) is 0. The van der Waals surface area contributed by atoms with Crippen molar-refractivity contribution in [1.82, 2.24) is 25.4 Å². The van der Waals surface area contributed by atoms with Crippen LogP contribution < -0.4 is 10.6 Å². The average molecular weight is 546 g/mol. The number of fused-ring (bicyclic) bond motifs is 2. The van der Waals surface area contributed by atoms with Gasteiger partial charge >= 0.3 is 0 Å². The van der Waals surface area contributed by atoms with E-state index in [2.05, 4.69) is 45.0 Å². The number of halogens is 1. The number of nitrogens with one attached hydrogen (secondary N) is 2. The van der Waals surface area contributed by atoms with Crippen LogP contribution in [0.5, 0.6) is 0 Å². The van der Waals surface area contributed by atoms with E-state index in [9.17, 15) is 0 Å². The Bertz CT molecular complexity index is 1040. The maximum atomic E-state index is 5.47. The van der Waals surface area contributed by atoms with Gasteiger partial charge in [-0.15, -0.1) is 24.0 Å². The van der Waals surface area contributed by atoms with Crippen LogP contribution in [0.4, 0.5) is 0 Å². The molecule has 1 aliphatic carbocycles. The lowest BCUT2D eigenvalue weighted by atomic mass is 9.88. The monoisotopic (exact) mass is 546 g/mol. The first-order valence-corrected chi connectivity index (χ1v) is 11.3. The van der Waals surface area contributed by atoms with E-state index in [1.54, 1.807) is 6.26 Å². The summed E-state index contributed by atoms with van der Waals surface area (Å²) in [5, 5.41) is 11.9. The second-order valence-corrected chi connectivity index (χ2v) is 8.55. The zero-order chi connectivity index (χ0) is 21.0. The number of aliphatic imine (C=N–C) groups is 1. The third-order valence-electron chi connectivity index (χ3n) is 6.20. The molecule has 0 radical (unpaired) electrons. The Balaban J connectivity index is 0.00000245. The van der Waals surface area contributed by atoms with Crippen LogP contribution in [-0.2, 0) is 32.2 Å². The summed E-state index contributed by atoms with van der Waals surface area (Å²) in [6, 6.07) is 13.4. The third-order valence-corrected chi connectivity index (χ3v) is 6.20. The van der Waals surface area contributed by atoms with Crippen molar-refractivity contribution < 1.29 is 4.42 Å². The predicted molar refractivity (Wildman–Crippen MR) is 136 cm³/mol. The molecular weight excluding hydrogens is 515 g/mol. The molecule has 3 aromatic rings. The summed E-state index contributed by atoms with van der Waals surface area (Å²) in [5.74, 6) is 3.79. The second-order valence-electron chi connectivity index (χ2n) is 8.55. The van der Waals surface area contributed by atoms with Gasteiger partial charge < -0.3 is 15.1 Å². The van der Waals surface area contributed by atoms with Crippen molar-refractivity contribution in [1.29, 1.82) is 0 Å². The molecule has 0 bridgehead atoms. The minimum absolute atomic E-state index is 0. The molecule has 2 atom stereocenters. The Morgan fingerprint density at radius 2 is 1.91 bits per heavy atom. The Labute approximate surface area is 206 Å². The quantitative estimate of drug-likeness (QED) is 0.291. The Kier molecular flexibility index (Phi) is 7.49. The normalized spacial score (nSPS) is 20.1. The highest BCUT2D eigenvalue weighted by Crippen LogP contribution is 2.21. The van der Waals surface area contributed by atoms with Crippen LogP contribution in [0.1, 0.15) is 41.4 Å². The van der Waals surface area contributed by atoms with Crippen molar-refractivity contribution in [2.45, 2.75) is 64.1 Å². The highest BCUT2D eigenvalue weighted by molar-refractivity contribution is 14.0. The molecule has 7 nitrogen and oxygen atoms in total. The minimum atomic E-state index is 0. The Morgan fingerprint density at radius 3 is 2.75 bits per heavy atom. The van der Waals surface area contributed by atoms with Gasteiger partial charge in [-0.2, -0.15) is 5.10 Å². The molecule has 0 spiro atoms. The van der Waals surface area contributed by atoms with Gasteiger partial charge in [0.15, 0.2) is 5.96 Å². The smallest absolute Gasteiger partial charge is 0.191 e. The van der Waals surface area contributed by atoms with Gasteiger partial charge in [-0.3, -0.25) is 4.99 Å². The largest absolute Gasteiger partial charge is 0.469 e. The Morgan fingerprint density at radius 1 is 1.09 bits per heavy atom. The first kappa shape index (κ1) is 22.8. The van der Waals surface area contributed by atoms with Crippen molar-refractivity contribution >= 4 is 29.9 Å². The van der Waals surface area contributed by atoms with Crippen molar-refractivity contribution in [3.05, 3.63) is 71.2 Å². The van der Waals surface area contributed by atoms with Crippen LogP contribution in [0.15, 0.2) is 52.1 Å². The summed E-state index contributed by atoms with van der Waals surface area (Å²) in [4.78, 5) is 9.42. The van der Waals surface area contributed by atoms with E-state index in [-0.39, 0.29) is 24.0 Å². The lowest BCUT2D eigenvalue weighted by Gasteiger charge is -2.30. The standard InChI is InChI=1S/C24H30N6O.HI/c1-17-26-23-11-10-21(16-30(23)29-17)28-24(25-13-12-22-7-4-14-31-22)27-20-9-8-18-5-2-3-6-19(18)15-20;/h2-7,14,20-21H,8-13,15-16H2,1H3,(H2,25,27,28);1H. The zero-order valence-corrected chi connectivity index (χ0v) is 20.8. The molecule has 1 aliphatic heterocycles. The third kappa shape index (κ3) is 5.51. The summed E-state index contributed by atoms with van der Waals surface area (Å²) >= 11 is 0. The van der Waals surface area contributed by atoms with Crippen LogP contribution in [0.2, 0.25) is 0 Å². The highest BCUT2D eigenvalue weighted by Gasteiger charge is 2.24. The molecule has 1 aromatic carbocycles. The fourth-order valence-electron chi connectivity index (χ4n) is 4.62. The number of hydrogen-bond donors (Lipinski definition) is 2. The molecule has 0 saturated heterocycles. The van der Waals surface area contributed by atoms with E-state index in [0.29, 0.717) is 18.6 Å². The fourth-order valence-corrected chi connectivity index (χ4v) is 4.62. The average Bonchev–Trinajstić information content (AvgIpc) is 3.42. The number of aromatic nitrogens is 3. The topological polar surface area (TPSA) is 80.3 Å². The van der Waals surface area contributed by atoms with Gasteiger partial charge in [-0.05, 0) is 55.9 Å². The van der Waals surface area contributed by atoms with E-state index in [1.807, 2.05) is 23.7 Å². The van der Waals surface area contributed by atoms with Crippen molar-refractivity contribution in [2.24, 2.45) is 4.99 Å². The molecule has 2 aliphatic rings. The molecule has 5 rings (SSSR count). The number of guanidine groups is 1. The Hall–Kier alpha value is -2.36. The van der Waals surface area contributed by atoms with Gasteiger partial charge in [0, 0.05) is 31.5 Å². The maximum Gasteiger partial charge on any atom is 0.191 e. The zero-order valence-electron chi connectivity index (χ0n) is 18.5. The van der Waals surface area contributed by atoms with Gasteiger partial charge in [0.1, 0.15) is 17.4 Å². The van der Waals surface area contributed by atoms with E-state index in [4.69, 9.17) is 9.41 Å². The summed E-state index contributed by atoms with van der Waals surface area (Å²) < 4.78 is 7.50. The molecule has 0 saturated carbocycles. The van der Waals surface area contributed by atoms with Crippen LogP contribution >= 0.6 is 24.0 Å². The molecule has 3 heterocycles. The SMILES string of the molecule is Cc1nc2n(n1)CC(NC(=NCCc1ccco1)NC1CCc3ccccc3C1)CC2.I. The van der Waals surface area contributed by atoms with Gasteiger partial charge in [0.2, 0.25) is 0 Å². The molecule has 32 heavy (non-hydrogen) atoms. The molecule has 2 aromatic heterocycles. The van der Waals surface area contributed by atoms with Crippen molar-refractivity contribution in [3.8, 4) is 0 Å². The lowest BCUT2D eigenvalue weighted by molar-refractivity contribution is 0.388. The summed E-state index contributed by atoms with van der Waals surface area (Å²) in [6.07, 6.45) is 7.75. The van der Waals surface area contributed by atoms with Crippen LogP contribution in [0.3, 0.4) is 0 Å². The highest BCUT2D eigenvalue weighted by atomic mass is 127. The molecule has 0 amide bonds. The maximum absolute atomic E-state index is 5.47. The van der Waals surface area contributed by atoms with Crippen molar-refractivity contribution in [2.75, 3.05) is 6.54 Å². The molecule has 2 unspecified atom stereocenters. The van der Waals surface area contributed by atoms with Crippen LogP contribution in [-0.4, -0.2) is 39.4 Å². The first-order valence-electron chi connectivity index (χ1n) is 11.3. The predicted octanol–water partition coefficient (Wildman–Crippen LogP) is 3.45. The van der Waals surface area contributed by atoms with E-state index < -0.39 is 0 Å². The van der Waals surface area contributed by atoms with Crippen LogP contribution in [0, 0.1) is 6.92 Å². The number of nitrogens with zero attached hydrogens (tertiary/aromatic N) is 4. The molecular formula is C24H31IN6O. The van der Waals surface area contributed by atoms with E-state index >= 15 is 0 Å². The second kappa shape index (κ2) is 10.5.